The van der Waals surface area contributed by atoms with Crippen molar-refractivity contribution >= 4 is 5.69 Å². The van der Waals surface area contributed by atoms with E-state index in [0.717, 1.165) is 28.3 Å². The number of hydrogen-bond donors (Lipinski definition) is 2. The van der Waals surface area contributed by atoms with Crippen LogP contribution in [0.5, 0.6) is 11.5 Å². The summed E-state index contributed by atoms with van der Waals surface area (Å²) in [6.07, 6.45) is 0. The largest absolute Gasteiger partial charge is 0.493 e. The highest BCUT2D eigenvalue weighted by Crippen LogP contribution is 2.31. The van der Waals surface area contributed by atoms with E-state index in [0.29, 0.717) is 0 Å². The molecule has 0 aliphatic rings. The molecular weight excluding hydrogens is 266 g/mol. The van der Waals surface area contributed by atoms with Gasteiger partial charge in [0.05, 0.1) is 20.8 Å². The maximum Gasteiger partial charge on any atom is 0.161 e. The average Bonchev–Trinajstić information content (AvgIpc) is 2.54. The summed E-state index contributed by atoms with van der Waals surface area (Å²) in [4.78, 5) is 0. The van der Waals surface area contributed by atoms with Crippen molar-refractivity contribution in [3.05, 3.63) is 53.6 Å². The quantitative estimate of drug-likeness (QED) is 0.855. The Morgan fingerprint density at radius 2 is 1.67 bits per heavy atom. The van der Waals surface area contributed by atoms with Crippen LogP contribution >= 0.6 is 0 Å². The Balaban J connectivity index is 2.13. The van der Waals surface area contributed by atoms with Crippen LogP contribution in [0, 0.1) is 0 Å². The number of hydrogen-bond acceptors (Lipinski definition) is 4. The molecule has 0 amide bonds. The predicted octanol–water partition coefficient (Wildman–Crippen LogP) is 3.37. The van der Waals surface area contributed by atoms with Crippen molar-refractivity contribution < 1.29 is 14.6 Å². The lowest BCUT2D eigenvalue weighted by atomic mass is 10.1. The van der Waals surface area contributed by atoms with Crippen molar-refractivity contribution in [1.82, 2.24) is 0 Å². The van der Waals surface area contributed by atoms with Crippen molar-refractivity contribution in [3.8, 4) is 11.5 Å². The number of anilines is 1. The van der Waals surface area contributed by atoms with E-state index >= 15 is 0 Å². The second kappa shape index (κ2) is 6.99. The Kier molecular flexibility index (Phi) is 5.06. The lowest BCUT2D eigenvalue weighted by Crippen LogP contribution is -2.07. The number of ether oxygens (including phenoxy) is 2. The molecule has 2 aromatic carbocycles. The Morgan fingerprint density at radius 1 is 1.00 bits per heavy atom. The van der Waals surface area contributed by atoms with Gasteiger partial charge >= 0.3 is 0 Å². The fourth-order valence-corrected chi connectivity index (χ4v) is 2.16. The molecule has 21 heavy (non-hydrogen) atoms. The van der Waals surface area contributed by atoms with E-state index in [9.17, 15) is 0 Å². The Morgan fingerprint density at radius 3 is 2.24 bits per heavy atom. The fourth-order valence-electron chi connectivity index (χ4n) is 2.16. The van der Waals surface area contributed by atoms with Gasteiger partial charge in [0.1, 0.15) is 0 Å². The van der Waals surface area contributed by atoms with Crippen molar-refractivity contribution in [1.29, 1.82) is 0 Å². The van der Waals surface area contributed by atoms with Crippen LogP contribution in [0.3, 0.4) is 0 Å². The lowest BCUT2D eigenvalue weighted by Gasteiger charge is -2.17. The van der Waals surface area contributed by atoms with Gasteiger partial charge in [0.15, 0.2) is 11.5 Å². The van der Waals surface area contributed by atoms with Gasteiger partial charge in [-0.1, -0.05) is 18.2 Å². The van der Waals surface area contributed by atoms with Crippen molar-refractivity contribution in [2.75, 3.05) is 19.5 Å². The predicted molar refractivity (Wildman–Crippen MR) is 83.9 cm³/mol. The minimum Gasteiger partial charge on any atom is -0.493 e. The zero-order chi connectivity index (χ0) is 15.2. The average molecular weight is 287 g/mol. The SMILES string of the molecule is COc1ccc(C(C)Nc2ccc(CO)cc2)cc1OC. The zero-order valence-electron chi connectivity index (χ0n) is 12.6. The summed E-state index contributed by atoms with van der Waals surface area (Å²) >= 11 is 0. The summed E-state index contributed by atoms with van der Waals surface area (Å²) in [5, 5.41) is 12.5. The topological polar surface area (TPSA) is 50.7 Å². The molecule has 0 radical (unpaired) electrons. The Bertz CT molecular complexity index is 581. The van der Waals surface area contributed by atoms with Gasteiger partial charge in [-0.15, -0.1) is 0 Å². The smallest absolute Gasteiger partial charge is 0.161 e. The van der Waals surface area contributed by atoms with Gasteiger partial charge in [-0.25, -0.2) is 0 Å². The molecule has 1 atom stereocenters. The maximum absolute atomic E-state index is 9.05. The molecule has 4 heteroatoms. The van der Waals surface area contributed by atoms with Gasteiger partial charge < -0.3 is 19.9 Å². The van der Waals surface area contributed by atoms with E-state index in [1.165, 1.54) is 0 Å². The van der Waals surface area contributed by atoms with Gasteiger partial charge in [0, 0.05) is 11.7 Å². The van der Waals surface area contributed by atoms with Crippen molar-refractivity contribution in [2.24, 2.45) is 0 Å². The van der Waals surface area contributed by atoms with Crippen molar-refractivity contribution in [3.63, 3.8) is 0 Å². The summed E-state index contributed by atoms with van der Waals surface area (Å²) in [7, 11) is 3.26. The third kappa shape index (κ3) is 3.67. The van der Waals surface area contributed by atoms with Crippen LogP contribution in [-0.4, -0.2) is 19.3 Å². The molecule has 0 bridgehead atoms. The van der Waals surface area contributed by atoms with E-state index in [1.807, 2.05) is 42.5 Å². The highest BCUT2D eigenvalue weighted by molar-refractivity contribution is 5.49. The highest BCUT2D eigenvalue weighted by atomic mass is 16.5. The molecule has 0 heterocycles. The molecule has 4 nitrogen and oxygen atoms in total. The summed E-state index contributed by atoms with van der Waals surface area (Å²) in [5.41, 5.74) is 3.02. The standard InChI is InChI=1S/C17H21NO3/c1-12(18-15-7-4-13(11-19)5-8-15)14-6-9-16(20-2)17(10-14)21-3/h4-10,12,18-19H,11H2,1-3H3. The van der Waals surface area contributed by atoms with Crippen LogP contribution in [0.1, 0.15) is 24.1 Å². The second-order valence-corrected chi connectivity index (χ2v) is 4.84. The van der Waals surface area contributed by atoms with Gasteiger partial charge in [0.2, 0.25) is 0 Å². The maximum atomic E-state index is 9.05. The monoisotopic (exact) mass is 287 g/mol. The number of aliphatic hydroxyl groups is 1. The highest BCUT2D eigenvalue weighted by Gasteiger charge is 2.10. The summed E-state index contributed by atoms with van der Waals surface area (Å²) < 4.78 is 10.6. The fraction of sp³-hybridized carbons (Fsp3) is 0.294. The molecular formula is C17H21NO3. The molecule has 0 fully saturated rings. The van der Waals surface area contributed by atoms with Crippen LogP contribution in [0.25, 0.3) is 0 Å². The Hall–Kier alpha value is -2.20. The molecule has 0 spiro atoms. The molecule has 0 aromatic heterocycles. The van der Waals surface area contributed by atoms with Crippen LogP contribution in [0.15, 0.2) is 42.5 Å². The molecule has 0 aliphatic heterocycles. The van der Waals surface area contributed by atoms with Crippen LogP contribution in [-0.2, 0) is 6.61 Å². The molecule has 2 aromatic rings. The van der Waals surface area contributed by atoms with E-state index in [1.54, 1.807) is 14.2 Å². The molecule has 0 saturated carbocycles. The molecule has 112 valence electrons. The van der Waals surface area contributed by atoms with E-state index < -0.39 is 0 Å². The van der Waals surface area contributed by atoms with Gasteiger partial charge in [0.25, 0.3) is 0 Å². The van der Waals surface area contributed by atoms with Crippen LogP contribution in [0.2, 0.25) is 0 Å². The second-order valence-electron chi connectivity index (χ2n) is 4.84. The minimum absolute atomic E-state index is 0.0610. The summed E-state index contributed by atoms with van der Waals surface area (Å²) in [6.45, 7) is 2.15. The van der Waals surface area contributed by atoms with Crippen LogP contribution < -0.4 is 14.8 Å². The van der Waals surface area contributed by atoms with Crippen molar-refractivity contribution in [2.45, 2.75) is 19.6 Å². The van der Waals surface area contributed by atoms with Crippen LogP contribution in [0.4, 0.5) is 5.69 Å². The zero-order valence-corrected chi connectivity index (χ0v) is 12.6. The lowest BCUT2D eigenvalue weighted by molar-refractivity contribution is 0.282. The number of rotatable bonds is 6. The number of aliphatic hydroxyl groups excluding tert-OH is 1. The van der Waals surface area contributed by atoms with E-state index in [-0.39, 0.29) is 12.6 Å². The normalized spacial score (nSPS) is 11.8. The minimum atomic E-state index is 0.0610. The molecule has 0 saturated heterocycles. The number of methoxy groups -OCH3 is 2. The first-order valence-corrected chi connectivity index (χ1v) is 6.86. The molecule has 2 rings (SSSR count). The van der Waals surface area contributed by atoms with E-state index in [2.05, 4.69) is 12.2 Å². The molecule has 1 unspecified atom stereocenters. The first-order valence-electron chi connectivity index (χ1n) is 6.86. The number of nitrogens with one attached hydrogen (secondary N) is 1. The first-order chi connectivity index (χ1) is 10.2. The molecule has 2 N–H and O–H groups in total. The Labute approximate surface area is 125 Å². The number of benzene rings is 2. The third-order valence-corrected chi connectivity index (χ3v) is 3.43. The third-order valence-electron chi connectivity index (χ3n) is 3.43. The molecule has 0 aliphatic carbocycles. The first kappa shape index (κ1) is 15.2. The van der Waals surface area contributed by atoms with Gasteiger partial charge in [-0.05, 0) is 42.3 Å². The summed E-state index contributed by atoms with van der Waals surface area (Å²) in [5.74, 6) is 1.44. The summed E-state index contributed by atoms with van der Waals surface area (Å²) in [6, 6.07) is 13.8. The van der Waals surface area contributed by atoms with Gasteiger partial charge in [-0.2, -0.15) is 0 Å². The van der Waals surface area contributed by atoms with Gasteiger partial charge in [-0.3, -0.25) is 0 Å². The van der Waals surface area contributed by atoms with E-state index in [4.69, 9.17) is 14.6 Å².